The lowest BCUT2D eigenvalue weighted by Gasteiger charge is -1.94. The number of nitrogens with zero attached hydrogens (tertiary/aromatic N) is 1. The number of halogens is 4. The molecule has 0 aliphatic carbocycles. The SMILES string of the molecule is COC(C)=[N+](C)C.F[B-](F)(F)F. The van der Waals surface area contributed by atoms with Crippen molar-refractivity contribution in [1.82, 2.24) is 0 Å². The Bertz CT molecular complexity index is 146. The monoisotopic (exact) mass is 189 g/mol. The Morgan fingerprint density at radius 3 is 1.42 bits per heavy atom. The van der Waals surface area contributed by atoms with E-state index in [1.807, 2.05) is 25.6 Å². The van der Waals surface area contributed by atoms with E-state index < -0.39 is 7.25 Å². The highest BCUT2D eigenvalue weighted by molar-refractivity contribution is 6.50. The van der Waals surface area contributed by atoms with Gasteiger partial charge in [-0.25, -0.2) is 4.58 Å². The van der Waals surface area contributed by atoms with Gasteiger partial charge in [0.1, 0.15) is 14.1 Å². The van der Waals surface area contributed by atoms with E-state index in [-0.39, 0.29) is 0 Å². The van der Waals surface area contributed by atoms with E-state index in [4.69, 9.17) is 4.74 Å². The highest BCUT2D eigenvalue weighted by Gasteiger charge is 2.20. The molecule has 0 rings (SSSR count). The molecule has 0 amide bonds. The molecule has 0 unspecified atom stereocenters. The summed E-state index contributed by atoms with van der Waals surface area (Å²) in [5, 5.41) is 0. The summed E-state index contributed by atoms with van der Waals surface area (Å²) in [5.74, 6) is 0.931. The summed E-state index contributed by atoms with van der Waals surface area (Å²) in [6.07, 6.45) is 0. The van der Waals surface area contributed by atoms with Gasteiger partial charge >= 0.3 is 13.2 Å². The normalized spacial score (nSPS) is 9.67. The molecule has 0 aromatic heterocycles. The molecule has 0 fully saturated rings. The summed E-state index contributed by atoms with van der Waals surface area (Å²) in [6, 6.07) is 0. The van der Waals surface area contributed by atoms with Gasteiger partial charge in [0.15, 0.2) is 0 Å². The van der Waals surface area contributed by atoms with Gasteiger partial charge in [-0.15, -0.1) is 0 Å². The van der Waals surface area contributed by atoms with Crippen molar-refractivity contribution in [2.24, 2.45) is 0 Å². The van der Waals surface area contributed by atoms with Crippen molar-refractivity contribution in [1.29, 1.82) is 0 Å². The fraction of sp³-hybridized carbons (Fsp3) is 0.800. The van der Waals surface area contributed by atoms with Crippen LogP contribution < -0.4 is 0 Å². The first kappa shape index (κ1) is 13.8. The predicted octanol–water partition coefficient (Wildman–Crippen LogP) is 1.62. The highest BCUT2D eigenvalue weighted by Crippen LogP contribution is 2.06. The largest absolute Gasteiger partial charge is 0.673 e. The maximum Gasteiger partial charge on any atom is 0.673 e. The second kappa shape index (κ2) is 5.85. The van der Waals surface area contributed by atoms with Crippen LogP contribution in [0.1, 0.15) is 6.92 Å². The van der Waals surface area contributed by atoms with Crippen molar-refractivity contribution < 1.29 is 26.6 Å². The third-order valence-corrected chi connectivity index (χ3v) is 0.925. The van der Waals surface area contributed by atoms with Gasteiger partial charge in [0.25, 0.3) is 0 Å². The van der Waals surface area contributed by atoms with E-state index >= 15 is 0 Å². The summed E-state index contributed by atoms with van der Waals surface area (Å²) in [4.78, 5) is 0. The fourth-order valence-corrected chi connectivity index (χ4v) is 0.183. The number of methoxy groups -OCH3 is 1. The van der Waals surface area contributed by atoms with E-state index in [1.54, 1.807) is 7.11 Å². The van der Waals surface area contributed by atoms with Gasteiger partial charge in [-0.05, 0) is 0 Å². The van der Waals surface area contributed by atoms with Gasteiger partial charge in [-0.1, -0.05) is 0 Å². The van der Waals surface area contributed by atoms with Gasteiger partial charge in [0, 0.05) is 0 Å². The van der Waals surface area contributed by atoms with Crippen LogP contribution in [0.25, 0.3) is 0 Å². The Balaban J connectivity index is 0. The molecular formula is C5H12BF4NO. The van der Waals surface area contributed by atoms with Crippen molar-refractivity contribution in [3.8, 4) is 0 Å². The molecule has 0 saturated heterocycles. The first-order valence-corrected chi connectivity index (χ1v) is 3.10. The van der Waals surface area contributed by atoms with E-state index in [0.29, 0.717) is 0 Å². The summed E-state index contributed by atoms with van der Waals surface area (Å²) < 4.78 is 45.8. The third-order valence-electron chi connectivity index (χ3n) is 0.925. The van der Waals surface area contributed by atoms with Crippen LogP contribution >= 0.6 is 0 Å². The zero-order chi connectivity index (χ0) is 10.4. The maximum absolute atomic E-state index is 9.75. The number of ether oxygens (including phenoxy) is 1. The van der Waals surface area contributed by atoms with Crippen molar-refractivity contribution in [3.05, 3.63) is 0 Å². The van der Waals surface area contributed by atoms with Crippen LogP contribution in [0, 0.1) is 0 Å². The number of hydrogen-bond donors (Lipinski definition) is 0. The first-order chi connectivity index (χ1) is 5.18. The molecule has 0 bridgehead atoms. The topological polar surface area (TPSA) is 12.2 Å². The molecule has 12 heavy (non-hydrogen) atoms. The molecule has 0 aromatic rings. The summed E-state index contributed by atoms with van der Waals surface area (Å²) in [5.41, 5.74) is 0. The average Bonchev–Trinajstić information content (AvgIpc) is 1.82. The Morgan fingerprint density at radius 1 is 1.17 bits per heavy atom. The Kier molecular flexibility index (Phi) is 6.74. The molecule has 7 heteroatoms. The Hall–Kier alpha value is -0.745. The fourth-order valence-electron chi connectivity index (χ4n) is 0.183. The molecule has 0 spiro atoms. The minimum atomic E-state index is -6.00. The zero-order valence-corrected chi connectivity index (χ0v) is 7.44. The second-order valence-electron chi connectivity index (χ2n) is 2.11. The van der Waals surface area contributed by atoms with Crippen LogP contribution in [0.4, 0.5) is 17.3 Å². The van der Waals surface area contributed by atoms with Gasteiger partial charge in [-0.3, -0.25) is 0 Å². The number of rotatable bonds is 0. The average molecular weight is 189 g/mol. The van der Waals surface area contributed by atoms with Gasteiger partial charge in [0.05, 0.1) is 14.0 Å². The van der Waals surface area contributed by atoms with Crippen LogP contribution in [0.15, 0.2) is 0 Å². The summed E-state index contributed by atoms with van der Waals surface area (Å²) in [7, 11) is -0.451. The molecule has 0 aliphatic heterocycles. The standard InChI is InChI=1S/C5H12NO.BF4/c1-5(7-4)6(2)3;2-1(3,4)5/h1-4H3;/q+1;-1. The quantitative estimate of drug-likeness (QED) is 0.185. The predicted molar refractivity (Wildman–Crippen MR) is 40.0 cm³/mol. The van der Waals surface area contributed by atoms with Crippen LogP contribution in [0.2, 0.25) is 0 Å². The van der Waals surface area contributed by atoms with Crippen molar-refractivity contribution in [2.75, 3.05) is 21.2 Å². The van der Waals surface area contributed by atoms with Crippen molar-refractivity contribution in [3.63, 3.8) is 0 Å². The van der Waals surface area contributed by atoms with Gasteiger partial charge < -0.3 is 22.0 Å². The first-order valence-electron chi connectivity index (χ1n) is 3.10. The van der Waals surface area contributed by atoms with Crippen LogP contribution in [0.3, 0.4) is 0 Å². The molecule has 0 radical (unpaired) electrons. The van der Waals surface area contributed by atoms with Crippen molar-refractivity contribution >= 4 is 13.2 Å². The van der Waals surface area contributed by atoms with E-state index in [0.717, 1.165) is 5.90 Å². The minimum Gasteiger partial charge on any atom is -0.452 e. The van der Waals surface area contributed by atoms with Crippen LogP contribution in [0.5, 0.6) is 0 Å². The summed E-state index contributed by atoms with van der Waals surface area (Å²) >= 11 is 0. The molecule has 0 aromatic carbocycles. The summed E-state index contributed by atoms with van der Waals surface area (Å²) in [6.45, 7) is 1.92. The van der Waals surface area contributed by atoms with E-state index in [2.05, 4.69) is 0 Å². The lowest BCUT2D eigenvalue weighted by Crippen LogP contribution is -2.10. The molecule has 0 atom stereocenters. The zero-order valence-electron chi connectivity index (χ0n) is 7.44. The molecule has 74 valence electrons. The molecule has 2 nitrogen and oxygen atoms in total. The van der Waals surface area contributed by atoms with Gasteiger partial charge in [-0.2, -0.15) is 0 Å². The molecule has 0 heterocycles. The van der Waals surface area contributed by atoms with Crippen LogP contribution in [-0.2, 0) is 4.74 Å². The third kappa shape index (κ3) is 22.8. The van der Waals surface area contributed by atoms with Crippen molar-refractivity contribution in [2.45, 2.75) is 6.92 Å². The molecule has 0 N–H and O–H groups in total. The lowest BCUT2D eigenvalue weighted by atomic mass is 10.3. The molecule has 0 saturated carbocycles. The Labute approximate surface area is 68.9 Å². The van der Waals surface area contributed by atoms with Gasteiger partial charge in [0.2, 0.25) is 0 Å². The molecular weight excluding hydrogens is 177 g/mol. The van der Waals surface area contributed by atoms with E-state index in [9.17, 15) is 17.3 Å². The smallest absolute Gasteiger partial charge is 0.452 e. The maximum atomic E-state index is 9.75. The number of hydrogen-bond acceptors (Lipinski definition) is 1. The lowest BCUT2D eigenvalue weighted by molar-refractivity contribution is -0.474. The highest BCUT2D eigenvalue weighted by atomic mass is 19.5. The Morgan fingerprint density at radius 2 is 1.42 bits per heavy atom. The second-order valence-corrected chi connectivity index (χ2v) is 2.11. The van der Waals surface area contributed by atoms with E-state index in [1.165, 1.54) is 0 Å². The minimum absolute atomic E-state index is 0.931. The molecule has 0 aliphatic rings. The van der Waals surface area contributed by atoms with Crippen LogP contribution in [-0.4, -0.2) is 38.9 Å².